The Morgan fingerprint density at radius 3 is 2.43 bits per heavy atom. The van der Waals surface area contributed by atoms with E-state index in [1.54, 1.807) is 6.08 Å². The molecule has 0 aromatic heterocycles. The monoisotopic (exact) mass is 300 g/mol. The average molecular weight is 300 g/mol. The number of ether oxygens (including phenoxy) is 3. The highest BCUT2D eigenvalue weighted by Gasteiger charge is 2.50. The van der Waals surface area contributed by atoms with Gasteiger partial charge in [-0.2, -0.15) is 0 Å². The Hall–Kier alpha value is -0.420. The Bertz CT molecular complexity index is 295. The largest absolute Gasteiger partial charge is 0.384 e. The molecule has 0 aromatic carbocycles. The van der Waals surface area contributed by atoms with Crippen LogP contribution in [0.25, 0.3) is 0 Å². The Labute approximate surface area is 129 Å². The lowest BCUT2D eigenvalue weighted by molar-refractivity contribution is -0.259. The zero-order chi connectivity index (χ0) is 15.7. The van der Waals surface area contributed by atoms with Gasteiger partial charge in [-0.1, -0.05) is 32.8 Å². The molecule has 1 aliphatic heterocycles. The average Bonchev–Trinajstić information content (AvgIpc) is 2.46. The first-order valence-corrected chi connectivity index (χ1v) is 8.28. The van der Waals surface area contributed by atoms with Gasteiger partial charge < -0.3 is 19.3 Å². The minimum atomic E-state index is -1.06. The molecule has 1 heterocycles. The molecule has 1 rings (SSSR count). The number of rotatable bonds is 10. The molecule has 1 aliphatic rings. The third kappa shape index (κ3) is 5.06. The molecule has 0 radical (unpaired) electrons. The highest BCUT2D eigenvalue weighted by atomic mass is 16.6. The normalized spacial score (nSPS) is 33.0. The second-order valence-corrected chi connectivity index (χ2v) is 5.87. The molecule has 21 heavy (non-hydrogen) atoms. The minimum Gasteiger partial charge on any atom is -0.384 e. The van der Waals surface area contributed by atoms with Gasteiger partial charge in [0.25, 0.3) is 0 Å². The first-order valence-electron chi connectivity index (χ1n) is 8.28. The predicted molar refractivity (Wildman–Crippen MR) is 84.5 cm³/mol. The third-order valence-electron chi connectivity index (χ3n) is 4.14. The van der Waals surface area contributed by atoms with E-state index in [4.69, 9.17) is 14.2 Å². The van der Waals surface area contributed by atoms with Crippen molar-refractivity contribution >= 4 is 0 Å². The van der Waals surface area contributed by atoms with Crippen LogP contribution < -0.4 is 0 Å². The lowest BCUT2D eigenvalue weighted by atomic mass is 9.82. The maximum Gasteiger partial charge on any atom is 0.122 e. The summed E-state index contributed by atoms with van der Waals surface area (Å²) in [6.45, 7) is 11.7. The van der Waals surface area contributed by atoms with Crippen molar-refractivity contribution in [3.05, 3.63) is 12.7 Å². The van der Waals surface area contributed by atoms with Crippen molar-refractivity contribution in [3.8, 4) is 0 Å². The molecule has 0 amide bonds. The van der Waals surface area contributed by atoms with E-state index in [9.17, 15) is 5.11 Å². The van der Waals surface area contributed by atoms with Gasteiger partial charge in [0.15, 0.2) is 0 Å². The van der Waals surface area contributed by atoms with Gasteiger partial charge in [-0.15, -0.1) is 6.58 Å². The maximum absolute atomic E-state index is 11.0. The van der Waals surface area contributed by atoms with Gasteiger partial charge in [-0.05, 0) is 26.2 Å². The number of aliphatic hydroxyl groups is 1. The molecule has 1 saturated heterocycles. The molecule has 0 aromatic rings. The highest BCUT2D eigenvalue weighted by molar-refractivity contribution is 5.03. The Kier molecular flexibility index (Phi) is 8.49. The molecule has 1 N–H and O–H groups in total. The van der Waals surface area contributed by atoms with Gasteiger partial charge in [-0.3, -0.25) is 0 Å². The molecular weight excluding hydrogens is 268 g/mol. The molecule has 4 heteroatoms. The van der Waals surface area contributed by atoms with Crippen LogP contribution >= 0.6 is 0 Å². The van der Waals surface area contributed by atoms with Gasteiger partial charge in [0.2, 0.25) is 0 Å². The van der Waals surface area contributed by atoms with Gasteiger partial charge >= 0.3 is 0 Å². The van der Waals surface area contributed by atoms with Crippen LogP contribution in [0.2, 0.25) is 0 Å². The van der Waals surface area contributed by atoms with Crippen LogP contribution in [-0.2, 0) is 14.2 Å². The summed E-state index contributed by atoms with van der Waals surface area (Å²) in [5.41, 5.74) is -1.06. The van der Waals surface area contributed by atoms with Crippen LogP contribution in [-0.4, -0.2) is 48.8 Å². The third-order valence-corrected chi connectivity index (χ3v) is 4.14. The Morgan fingerprint density at radius 2 is 1.86 bits per heavy atom. The summed E-state index contributed by atoms with van der Waals surface area (Å²) in [6, 6.07) is 0. The lowest BCUT2D eigenvalue weighted by Crippen LogP contribution is -2.63. The quantitative estimate of drug-likeness (QED) is 0.497. The van der Waals surface area contributed by atoms with E-state index >= 15 is 0 Å². The van der Waals surface area contributed by atoms with Crippen LogP contribution in [0.1, 0.15) is 52.9 Å². The summed E-state index contributed by atoms with van der Waals surface area (Å²) in [6.07, 6.45) is 5.46. The second kappa shape index (κ2) is 9.57. The highest BCUT2D eigenvalue weighted by Crippen LogP contribution is 2.33. The van der Waals surface area contributed by atoms with Crippen LogP contribution in [0.15, 0.2) is 12.7 Å². The molecule has 0 aliphatic carbocycles. The van der Waals surface area contributed by atoms with Crippen molar-refractivity contribution < 1.29 is 19.3 Å². The van der Waals surface area contributed by atoms with E-state index in [1.165, 1.54) is 0 Å². The van der Waals surface area contributed by atoms with E-state index < -0.39 is 5.60 Å². The van der Waals surface area contributed by atoms with Crippen LogP contribution in [0.4, 0.5) is 0 Å². The Morgan fingerprint density at radius 1 is 1.24 bits per heavy atom. The van der Waals surface area contributed by atoms with Gasteiger partial charge in [-0.25, -0.2) is 0 Å². The summed E-state index contributed by atoms with van der Waals surface area (Å²) in [4.78, 5) is 0. The van der Waals surface area contributed by atoms with Crippen LogP contribution in [0, 0.1) is 0 Å². The lowest BCUT2D eigenvalue weighted by Gasteiger charge is -2.47. The summed E-state index contributed by atoms with van der Waals surface area (Å²) < 4.78 is 17.6. The summed E-state index contributed by atoms with van der Waals surface area (Å²) >= 11 is 0. The van der Waals surface area contributed by atoms with E-state index in [0.29, 0.717) is 26.2 Å². The zero-order valence-electron chi connectivity index (χ0n) is 13.8. The van der Waals surface area contributed by atoms with Gasteiger partial charge in [0.05, 0.1) is 12.7 Å². The molecule has 4 atom stereocenters. The minimum absolute atomic E-state index is 0.213. The smallest absolute Gasteiger partial charge is 0.122 e. The summed E-state index contributed by atoms with van der Waals surface area (Å²) in [7, 11) is 0. The van der Waals surface area contributed by atoms with E-state index in [0.717, 1.165) is 25.7 Å². The molecule has 124 valence electrons. The van der Waals surface area contributed by atoms with Crippen molar-refractivity contribution in [3.63, 3.8) is 0 Å². The van der Waals surface area contributed by atoms with Crippen molar-refractivity contribution in [2.24, 2.45) is 0 Å². The van der Waals surface area contributed by atoms with Crippen molar-refractivity contribution in [2.75, 3.05) is 19.8 Å². The van der Waals surface area contributed by atoms with E-state index in [-0.39, 0.29) is 18.3 Å². The van der Waals surface area contributed by atoms with Gasteiger partial charge in [0, 0.05) is 13.2 Å². The number of unbranched alkanes of at least 4 members (excludes halogenated alkanes) is 2. The number of hydrogen-bond donors (Lipinski definition) is 1. The van der Waals surface area contributed by atoms with E-state index in [2.05, 4.69) is 20.4 Å². The standard InChI is InChI=1S/C17H32O4/c1-5-8-11-19-15-13-21-14(4)17(18,10-7-3)16(15)20-12-9-6-2/h7,14-16,18H,3,5-6,8-13H2,1-2,4H3/t14?,15?,16?,17-/m1/s1. The fourth-order valence-electron chi connectivity index (χ4n) is 2.66. The Balaban J connectivity index is 2.77. The molecule has 0 saturated carbocycles. The maximum atomic E-state index is 11.0. The molecule has 4 nitrogen and oxygen atoms in total. The first kappa shape index (κ1) is 18.6. The molecule has 3 unspecified atom stereocenters. The van der Waals surface area contributed by atoms with Crippen molar-refractivity contribution in [2.45, 2.75) is 76.8 Å². The topological polar surface area (TPSA) is 47.9 Å². The second-order valence-electron chi connectivity index (χ2n) is 5.87. The summed E-state index contributed by atoms with van der Waals surface area (Å²) in [5.74, 6) is 0. The predicted octanol–water partition coefficient (Wildman–Crippen LogP) is 3.08. The molecule has 0 spiro atoms. The SMILES string of the molecule is C=CC[C@@]1(O)C(C)OCC(OCCCC)C1OCCCC. The summed E-state index contributed by atoms with van der Waals surface area (Å²) in [5, 5.41) is 11.0. The van der Waals surface area contributed by atoms with Crippen LogP contribution in [0.3, 0.4) is 0 Å². The van der Waals surface area contributed by atoms with Crippen LogP contribution in [0.5, 0.6) is 0 Å². The number of hydrogen-bond acceptors (Lipinski definition) is 4. The zero-order valence-corrected chi connectivity index (χ0v) is 13.8. The fraction of sp³-hybridized carbons (Fsp3) is 0.882. The van der Waals surface area contributed by atoms with Crippen molar-refractivity contribution in [1.82, 2.24) is 0 Å². The first-order chi connectivity index (χ1) is 10.1. The fourth-order valence-corrected chi connectivity index (χ4v) is 2.66. The molecule has 1 fully saturated rings. The van der Waals surface area contributed by atoms with Crippen molar-refractivity contribution in [1.29, 1.82) is 0 Å². The molecule has 0 bridgehead atoms. The molecular formula is C17H32O4. The van der Waals surface area contributed by atoms with Gasteiger partial charge in [0.1, 0.15) is 17.8 Å². The van der Waals surface area contributed by atoms with E-state index in [1.807, 2.05) is 6.92 Å².